The molecule has 0 amide bonds. The van der Waals surface area contributed by atoms with Crippen molar-refractivity contribution in [2.45, 2.75) is 76.0 Å². The summed E-state index contributed by atoms with van der Waals surface area (Å²) in [5.74, 6) is 4.22. The fourth-order valence-corrected chi connectivity index (χ4v) is 5.98. The Morgan fingerprint density at radius 2 is 1.53 bits per heavy atom. The SMILES string of the molecule is COC1CCCC(NC2C3CC4CC(C3)CC2C4)C1. The van der Waals surface area contributed by atoms with Crippen molar-refractivity contribution in [3.63, 3.8) is 0 Å². The number of methoxy groups -OCH3 is 1. The number of rotatable bonds is 3. The summed E-state index contributed by atoms with van der Waals surface area (Å²) >= 11 is 0. The molecule has 2 atom stereocenters. The molecule has 5 fully saturated rings. The second-order valence-electron chi connectivity index (χ2n) is 7.84. The summed E-state index contributed by atoms with van der Waals surface area (Å²) in [6, 6.07) is 1.59. The van der Waals surface area contributed by atoms with E-state index in [0.717, 1.165) is 35.8 Å². The van der Waals surface area contributed by atoms with Gasteiger partial charge in [-0.3, -0.25) is 0 Å². The predicted molar refractivity (Wildman–Crippen MR) is 77.0 cm³/mol. The van der Waals surface area contributed by atoms with Crippen molar-refractivity contribution in [2.24, 2.45) is 23.7 Å². The number of nitrogens with one attached hydrogen (secondary N) is 1. The molecule has 5 aliphatic carbocycles. The van der Waals surface area contributed by atoms with Gasteiger partial charge in [0, 0.05) is 19.2 Å². The van der Waals surface area contributed by atoms with Crippen LogP contribution in [0.2, 0.25) is 0 Å². The summed E-state index contributed by atoms with van der Waals surface area (Å²) < 4.78 is 5.59. The van der Waals surface area contributed by atoms with Crippen molar-refractivity contribution in [3.8, 4) is 0 Å². The van der Waals surface area contributed by atoms with Crippen LogP contribution in [0.4, 0.5) is 0 Å². The molecule has 0 radical (unpaired) electrons. The van der Waals surface area contributed by atoms with Crippen LogP contribution in [0.15, 0.2) is 0 Å². The van der Waals surface area contributed by atoms with Crippen molar-refractivity contribution < 1.29 is 4.74 Å². The van der Waals surface area contributed by atoms with Crippen LogP contribution in [0, 0.1) is 23.7 Å². The maximum absolute atomic E-state index is 5.59. The third-order valence-electron chi connectivity index (χ3n) is 6.61. The van der Waals surface area contributed by atoms with Crippen molar-refractivity contribution in [2.75, 3.05) is 7.11 Å². The third-order valence-corrected chi connectivity index (χ3v) is 6.61. The second kappa shape index (κ2) is 5.04. The lowest BCUT2D eigenvalue weighted by atomic mass is 9.54. The first-order chi connectivity index (χ1) is 9.31. The highest BCUT2D eigenvalue weighted by atomic mass is 16.5. The molecular weight excluding hydrogens is 234 g/mol. The van der Waals surface area contributed by atoms with Crippen LogP contribution in [0.25, 0.3) is 0 Å². The van der Waals surface area contributed by atoms with Crippen LogP contribution in [-0.2, 0) is 4.74 Å². The molecule has 0 aliphatic heterocycles. The van der Waals surface area contributed by atoms with E-state index in [0.29, 0.717) is 6.10 Å². The van der Waals surface area contributed by atoms with E-state index in [9.17, 15) is 0 Å². The smallest absolute Gasteiger partial charge is 0.0586 e. The zero-order chi connectivity index (χ0) is 12.8. The van der Waals surface area contributed by atoms with Gasteiger partial charge >= 0.3 is 0 Å². The molecule has 2 heteroatoms. The van der Waals surface area contributed by atoms with Gasteiger partial charge < -0.3 is 10.1 Å². The van der Waals surface area contributed by atoms with E-state index in [-0.39, 0.29) is 0 Å². The fraction of sp³-hybridized carbons (Fsp3) is 1.00. The third kappa shape index (κ3) is 2.35. The fourth-order valence-electron chi connectivity index (χ4n) is 5.98. The molecule has 0 heterocycles. The van der Waals surface area contributed by atoms with Crippen LogP contribution in [0.3, 0.4) is 0 Å². The van der Waals surface area contributed by atoms with E-state index in [2.05, 4.69) is 5.32 Å². The van der Waals surface area contributed by atoms with Gasteiger partial charge in [-0.05, 0) is 81.5 Å². The molecule has 108 valence electrons. The van der Waals surface area contributed by atoms with Gasteiger partial charge in [0.2, 0.25) is 0 Å². The molecule has 0 spiro atoms. The monoisotopic (exact) mass is 263 g/mol. The first-order valence-corrected chi connectivity index (χ1v) is 8.60. The summed E-state index contributed by atoms with van der Waals surface area (Å²) in [6.45, 7) is 0. The average Bonchev–Trinajstić information content (AvgIpc) is 2.42. The van der Waals surface area contributed by atoms with Gasteiger partial charge in [-0.2, -0.15) is 0 Å². The molecule has 0 saturated heterocycles. The lowest BCUT2D eigenvalue weighted by Crippen LogP contribution is -2.57. The van der Waals surface area contributed by atoms with Crippen molar-refractivity contribution in [3.05, 3.63) is 0 Å². The topological polar surface area (TPSA) is 21.3 Å². The number of hydrogen-bond donors (Lipinski definition) is 1. The maximum Gasteiger partial charge on any atom is 0.0586 e. The maximum atomic E-state index is 5.59. The molecule has 0 aromatic heterocycles. The summed E-state index contributed by atoms with van der Waals surface area (Å²) in [5.41, 5.74) is 0. The minimum Gasteiger partial charge on any atom is -0.381 e. The van der Waals surface area contributed by atoms with Crippen molar-refractivity contribution >= 4 is 0 Å². The van der Waals surface area contributed by atoms with Gasteiger partial charge in [0.25, 0.3) is 0 Å². The Labute approximate surface area is 117 Å². The van der Waals surface area contributed by atoms with Crippen LogP contribution in [0.1, 0.15) is 57.8 Å². The van der Waals surface area contributed by atoms with E-state index in [1.807, 2.05) is 7.11 Å². The van der Waals surface area contributed by atoms with Crippen molar-refractivity contribution in [1.82, 2.24) is 5.32 Å². The molecule has 0 aromatic rings. The lowest BCUT2D eigenvalue weighted by molar-refractivity contribution is -0.0246. The van der Waals surface area contributed by atoms with E-state index in [1.54, 1.807) is 6.42 Å². The quantitative estimate of drug-likeness (QED) is 0.843. The summed E-state index contributed by atoms with van der Waals surface area (Å²) in [7, 11) is 1.88. The van der Waals surface area contributed by atoms with E-state index < -0.39 is 0 Å². The van der Waals surface area contributed by atoms with E-state index in [4.69, 9.17) is 4.74 Å². The highest BCUT2D eigenvalue weighted by Crippen LogP contribution is 2.53. The molecule has 2 unspecified atom stereocenters. The minimum absolute atomic E-state index is 0.517. The lowest BCUT2D eigenvalue weighted by Gasteiger charge is -2.55. The first kappa shape index (κ1) is 12.6. The van der Waals surface area contributed by atoms with Gasteiger partial charge in [-0.15, -0.1) is 0 Å². The predicted octanol–water partition coefficient (Wildman–Crippen LogP) is 3.36. The van der Waals surface area contributed by atoms with Gasteiger partial charge in [-0.25, -0.2) is 0 Å². The van der Waals surface area contributed by atoms with E-state index in [1.165, 1.54) is 51.4 Å². The average molecular weight is 263 g/mol. The summed E-state index contributed by atoms with van der Waals surface area (Å²) in [5, 5.41) is 4.09. The van der Waals surface area contributed by atoms with Gasteiger partial charge in [0.05, 0.1) is 6.10 Å². The largest absolute Gasteiger partial charge is 0.381 e. The molecule has 5 aliphatic rings. The molecule has 19 heavy (non-hydrogen) atoms. The number of ether oxygens (including phenoxy) is 1. The highest BCUT2D eigenvalue weighted by molar-refractivity contribution is 5.02. The Balaban J connectivity index is 1.40. The molecule has 2 nitrogen and oxygen atoms in total. The summed E-state index contributed by atoms with van der Waals surface area (Å²) in [6.07, 6.45) is 13.5. The van der Waals surface area contributed by atoms with Crippen LogP contribution in [0.5, 0.6) is 0 Å². The molecule has 1 N–H and O–H groups in total. The van der Waals surface area contributed by atoms with Gasteiger partial charge in [0.1, 0.15) is 0 Å². The standard InChI is InChI=1S/C17H29NO/c1-19-16-4-2-3-15(10-16)18-17-13-6-11-5-12(8-13)9-14(17)7-11/h11-18H,2-10H2,1H3. The second-order valence-corrected chi connectivity index (χ2v) is 7.84. The molecule has 4 bridgehead atoms. The Hall–Kier alpha value is -0.0800. The Morgan fingerprint density at radius 1 is 0.842 bits per heavy atom. The number of hydrogen-bond acceptors (Lipinski definition) is 2. The summed E-state index contributed by atoms with van der Waals surface area (Å²) in [4.78, 5) is 0. The molecule has 5 saturated carbocycles. The highest BCUT2D eigenvalue weighted by Gasteiger charge is 2.48. The van der Waals surface area contributed by atoms with Gasteiger partial charge in [-0.1, -0.05) is 0 Å². The Kier molecular flexibility index (Phi) is 3.35. The van der Waals surface area contributed by atoms with Crippen LogP contribution in [-0.4, -0.2) is 25.3 Å². The zero-order valence-corrected chi connectivity index (χ0v) is 12.3. The van der Waals surface area contributed by atoms with Crippen LogP contribution < -0.4 is 5.32 Å². The van der Waals surface area contributed by atoms with E-state index >= 15 is 0 Å². The Morgan fingerprint density at radius 3 is 2.16 bits per heavy atom. The normalized spacial score (nSPS) is 52.6. The van der Waals surface area contributed by atoms with Gasteiger partial charge in [0.15, 0.2) is 0 Å². The Bertz CT molecular complexity index is 301. The van der Waals surface area contributed by atoms with Crippen molar-refractivity contribution in [1.29, 1.82) is 0 Å². The zero-order valence-electron chi connectivity index (χ0n) is 12.3. The minimum atomic E-state index is 0.517. The molecular formula is C17H29NO. The molecule has 5 rings (SSSR count). The molecule has 0 aromatic carbocycles. The van der Waals surface area contributed by atoms with Crippen LogP contribution >= 0.6 is 0 Å². The first-order valence-electron chi connectivity index (χ1n) is 8.60.